The molecule has 1 saturated heterocycles. The van der Waals surface area contributed by atoms with E-state index in [1.54, 1.807) is 11.8 Å². The Hall–Kier alpha value is -1.32. The molecule has 2 rings (SSSR count). The summed E-state index contributed by atoms with van der Waals surface area (Å²) in [5.74, 6) is 0.688. The van der Waals surface area contributed by atoms with Gasteiger partial charge in [0, 0.05) is 24.1 Å². The molecule has 0 radical (unpaired) electrons. The second-order valence-electron chi connectivity index (χ2n) is 4.72. The van der Waals surface area contributed by atoms with Crippen LogP contribution in [-0.2, 0) is 10.0 Å². The van der Waals surface area contributed by atoms with Gasteiger partial charge in [0.2, 0.25) is 10.0 Å². The Morgan fingerprint density at radius 1 is 1.52 bits per heavy atom. The lowest BCUT2D eigenvalue weighted by molar-refractivity contribution is -0.386. The highest BCUT2D eigenvalue weighted by atomic mass is 32.2. The summed E-state index contributed by atoms with van der Waals surface area (Å²) in [6.45, 7) is 2.72. The monoisotopic (exact) mass is 331 g/mol. The quantitative estimate of drug-likeness (QED) is 0.511. The summed E-state index contributed by atoms with van der Waals surface area (Å²) in [7, 11) is -3.90. The molecule has 1 aliphatic heterocycles. The van der Waals surface area contributed by atoms with Crippen LogP contribution in [0.25, 0.3) is 0 Å². The third kappa shape index (κ3) is 3.14. The average molecular weight is 331 g/mol. The van der Waals surface area contributed by atoms with E-state index in [0.29, 0.717) is 18.8 Å². The molecule has 0 saturated carbocycles. The minimum absolute atomic E-state index is 0.139. The maximum atomic E-state index is 12.7. The number of nitrogen functional groups attached to an aromatic ring is 1. The number of thioether (sulfide) groups is 1. The number of rotatable bonds is 4. The van der Waals surface area contributed by atoms with Gasteiger partial charge in [-0.1, -0.05) is 13.0 Å². The maximum Gasteiger partial charge on any atom is 0.312 e. The molecule has 0 amide bonds. The van der Waals surface area contributed by atoms with Crippen LogP contribution in [0.4, 0.5) is 11.4 Å². The Morgan fingerprint density at radius 3 is 2.86 bits per heavy atom. The second-order valence-corrected chi connectivity index (χ2v) is 8.03. The van der Waals surface area contributed by atoms with Gasteiger partial charge in [-0.05, 0) is 18.6 Å². The molecule has 1 aromatic carbocycles. The molecule has 1 atom stereocenters. The molecule has 1 fully saturated rings. The van der Waals surface area contributed by atoms with Gasteiger partial charge in [-0.2, -0.15) is 16.1 Å². The van der Waals surface area contributed by atoms with Crippen molar-refractivity contribution in [2.24, 2.45) is 0 Å². The van der Waals surface area contributed by atoms with E-state index in [2.05, 4.69) is 0 Å². The number of para-hydroxylation sites is 1. The van der Waals surface area contributed by atoms with Crippen LogP contribution in [0.3, 0.4) is 0 Å². The first-order valence-electron chi connectivity index (χ1n) is 6.52. The van der Waals surface area contributed by atoms with E-state index in [0.717, 1.165) is 6.42 Å². The van der Waals surface area contributed by atoms with E-state index in [-0.39, 0.29) is 15.8 Å². The summed E-state index contributed by atoms with van der Waals surface area (Å²) < 4.78 is 26.7. The molecule has 1 unspecified atom stereocenters. The Balaban J connectivity index is 2.45. The minimum atomic E-state index is -3.90. The van der Waals surface area contributed by atoms with Crippen LogP contribution in [0.15, 0.2) is 23.1 Å². The lowest BCUT2D eigenvalue weighted by Crippen LogP contribution is -2.41. The van der Waals surface area contributed by atoms with Crippen molar-refractivity contribution >= 4 is 33.2 Å². The van der Waals surface area contributed by atoms with Crippen molar-refractivity contribution < 1.29 is 13.3 Å². The zero-order valence-corrected chi connectivity index (χ0v) is 13.2. The first-order chi connectivity index (χ1) is 9.87. The zero-order valence-electron chi connectivity index (χ0n) is 11.6. The second kappa shape index (κ2) is 6.20. The summed E-state index contributed by atoms with van der Waals surface area (Å²) in [6.07, 6.45) is 0.857. The minimum Gasteiger partial charge on any atom is -0.393 e. The normalized spacial score (nSPS) is 20.3. The van der Waals surface area contributed by atoms with Gasteiger partial charge >= 0.3 is 5.69 Å². The number of nitrogens with zero attached hydrogens (tertiary/aromatic N) is 2. The van der Waals surface area contributed by atoms with Crippen molar-refractivity contribution in [1.29, 1.82) is 0 Å². The molecular formula is C12H17N3O4S2. The van der Waals surface area contributed by atoms with Crippen molar-refractivity contribution in [3.05, 3.63) is 28.3 Å². The molecule has 21 heavy (non-hydrogen) atoms. The fourth-order valence-corrected chi connectivity index (χ4v) is 5.30. The zero-order chi connectivity index (χ0) is 15.6. The number of benzene rings is 1. The van der Waals surface area contributed by atoms with Gasteiger partial charge in [-0.15, -0.1) is 0 Å². The predicted molar refractivity (Wildman–Crippen MR) is 82.8 cm³/mol. The first kappa shape index (κ1) is 16.1. The lowest BCUT2D eigenvalue weighted by atomic mass is 10.3. The van der Waals surface area contributed by atoms with Crippen LogP contribution >= 0.6 is 11.8 Å². The van der Waals surface area contributed by atoms with E-state index in [4.69, 9.17) is 5.73 Å². The number of hydrogen-bond donors (Lipinski definition) is 1. The molecule has 2 N–H and O–H groups in total. The highest BCUT2D eigenvalue weighted by molar-refractivity contribution is 8.00. The van der Waals surface area contributed by atoms with Crippen molar-refractivity contribution in [2.75, 3.05) is 24.6 Å². The fraction of sp³-hybridized carbons (Fsp3) is 0.500. The van der Waals surface area contributed by atoms with Crippen LogP contribution in [0, 0.1) is 10.1 Å². The summed E-state index contributed by atoms with van der Waals surface area (Å²) in [6, 6.07) is 4.00. The molecule has 116 valence electrons. The highest BCUT2D eigenvalue weighted by Crippen LogP contribution is 2.33. The van der Waals surface area contributed by atoms with Gasteiger partial charge in [0.15, 0.2) is 4.90 Å². The number of anilines is 1. The number of hydrogen-bond acceptors (Lipinski definition) is 6. The third-order valence-electron chi connectivity index (χ3n) is 3.39. The van der Waals surface area contributed by atoms with Gasteiger partial charge in [0.05, 0.1) is 4.92 Å². The summed E-state index contributed by atoms with van der Waals surface area (Å²) in [5.41, 5.74) is 4.90. The van der Waals surface area contributed by atoms with Gasteiger partial charge < -0.3 is 5.73 Å². The average Bonchev–Trinajstić information content (AvgIpc) is 2.46. The number of nitro groups is 1. The smallest absolute Gasteiger partial charge is 0.312 e. The maximum absolute atomic E-state index is 12.7. The summed E-state index contributed by atoms with van der Waals surface area (Å²) in [4.78, 5) is 10.1. The van der Waals surface area contributed by atoms with Crippen LogP contribution < -0.4 is 5.73 Å². The van der Waals surface area contributed by atoms with E-state index in [1.165, 1.54) is 22.5 Å². The molecule has 0 aliphatic carbocycles. The van der Waals surface area contributed by atoms with Gasteiger partial charge in [0.1, 0.15) is 5.69 Å². The molecular weight excluding hydrogens is 314 g/mol. The molecule has 1 heterocycles. The van der Waals surface area contributed by atoms with Crippen molar-refractivity contribution in [1.82, 2.24) is 4.31 Å². The standard InChI is InChI=1S/C12H17N3O4S2/c1-2-9-8-14(6-7-20-9)21(18,19)11-5-3-4-10(13)12(11)15(16)17/h3-5,9H,2,6-8,13H2,1H3. The van der Waals surface area contributed by atoms with E-state index in [1.807, 2.05) is 6.92 Å². The molecule has 1 aromatic rings. The highest BCUT2D eigenvalue weighted by Gasteiger charge is 2.35. The molecule has 9 heteroatoms. The number of nitrogens with two attached hydrogens (primary N) is 1. The van der Waals surface area contributed by atoms with Gasteiger partial charge in [0.25, 0.3) is 0 Å². The molecule has 1 aliphatic rings. The summed E-state index contributed by atoms with van der Waals surface area (Å²) in [5, 5.41) is 11.3. The van der Waals surface area contributed by atoms with Crippen molar-refractivity contribution in [3.8, 4) is 0 Å². The van der Waals surface area contributed by atoms with Crippen LogP contribution in [0.2, 0.25) is 0 Å². The van der Waals surface area contributed by atoms with E-state index >= 15 is 0 Å². The Labute approximate surface area is 127 Å². The molecule has 0 spiro atoms. The Kier molecular flexibility index (Phi) is 4.74. The Morgan fingerprint density at radius 2 is 2.24 bits per heavy atom. The molecule has 7 nitrogen and oxygen atoms in total. The predicted octanol–water partition coefficient (Wildman–Crippen LogP) is 1.69. The van der Waals surface area contributed by atoms with Gasteiger partial charge in [-0.3, -0.25) is 10.1 Å². The lowest BCUT2D eigenvalue weighted by Gasteiger charge is -2.30. The topological polar surface area (TPSA) is 107 Å². The van der Waals surface area contributed by atoms with Crippen molar-refractivity contribution in [2.45, 2.75) is 23.5 Å². The number of nitro benzene ring substituents is 1. The van der Waals surface area contributed by atoms with E-state index in [9.17, 15) is 18.5 Å². The van der Waals surface area contributed by atoms with Crippen LogP contribution in [0.1, 0.15) is 13.3 Å². The molecule has 0 bridgehead atoms. The van der Waals surface area contributed by atoms with Crippen LogP contribution in [-0.4, -0.2) is 41.7 Å². The molecule has 0 aromatic heterocycles. The SMILES string of the molecule is CCC1CN(S(=O)(=O)c2cccc(N)c2[N+](=O)[O-])CCS1. The first-order valence-corrected chi connectivity index (χ1v) is 9.01. The number of sulfonamides is 1. The fourth-order valence-electron chi connectivity index (χ4n) is 2.24. The largest absolute Gasteiger partial charge is 0.393 e. The summed E-state index contributed by atoms with van der Waals surface area (Å²) >= 11 is 1.73. The van der Waals surface area contributed by atoms with Crippen LogP contribution in [0.5, 0.6) is 0 Å². The van der Waals surface area contributed by atoms with E-state index < -0.39 is 20.6 Å². The third-order valence-corrected chi connectivity index (χ3v) is 6.66. The van der Waals surface area contributed by atoms with Gasteiger partial charge in [-0.25, -0.2) is 8.42 Å². The Bertz CT molecular complexity index is 648. The van der Waals surface area contributed by atoms with Crippen molar-refractivity contribution in [3.63, 3.8) is 0 Å².